The Bertz CT molecular complexity index is 1280. The van der Waals surface area contributed by atoms with Crippen molar-refractivity contribution >= 4 is 29.8 Å². The summed E-state index contributed by atoms with van der Waals surface area (Å²) in [6, 6.07) is -1.49. The van der Waals surface area contributed by atoms with Crippen molar-refractivity contribution in [3.8, 4) is 0 Å². The van der Waals surface area contributed by atoms with Gasteiger partial charge in [-0.3, -0.25) is 24.0 Å². The standard InChI is InChI=1S/C62H112N2O9/c1-4-7-10-13-16-19-22-25-28-31-34-37-40-43-46-49-58(66)71-53-62(64-57(65)52-56(63)61(69)70,54-72-59(67)50-47-44-41-38-35-32-29-26-23-20-17-14-11-8-5-2)55-73-60(68)51-48-45-42-39-36-33-30-27-24-21-18-15-12-9-6-3/h25-30,56H,4-24,31-55,63H2,1-3H3,(H,64,65)(H,69,70)/b28-25-,29-26-,30-27-. The van der Waals surface area contributed by atoms with Crippen LogP contribution in [0.3, 0.4) is 0 Å². The SMILES string of the molecule is CCCCCCCC/C=C\CCCCCCCC(=O)OCC(COC(=O)CCCCCCC/C=C\CCCCCCCC)(COC(=O)CCCCCCC/C=C\CCCCCCCC)NC(=O)CC(N)C(=O)O. The molecule has 73 heavy (non-hydrogen) atoms. The monoisotopic (exact) mass is 1030 g/mol. The number of allylic oxidation sites excluding steroid dienone is 6. The van der Waals surface area contributed by atoms with Crippen LogP contribution in [0.2, 0.25) is 0 Å². The molecule has 0 fully saturated rings. The lowest BCUT2D eigenvalue weighted by atomic mass is 10.0. The van der Waals surface area contributed by atoms with Crippen molar-refractivity contribution in [3.05, 3.63) is 36.5 Å². The number of carbonyl (C=O) groups is 5. The van der Waals surface area contributed by atoms with Gasteiger partial charge in [0.05, 0.1) is 6.42 Å². The topological polar surface area (TPSA) is 171 Å². The first-order chi connectivity index (χ1) is 35.6. The minimum absolute atomic E-state index is 0.163. The highest BCUT2D eigenvalue weighted by Gasteiger charge is 2.38. The molecule has 1 unspecified atom stereocenters. The van der Waals surface area contributed by atoms with Gasteiger partial charge in [-0.15, -0.1) is 0 Å². The van der Waals surface area contributed by atoms with E-state index in [1.165, 1.54) is 116 Å². The molecule has 1 atom stereocenters. The van der Waals surface area contributed by atoms with Gasteiger partial charge in [0.25, 0.3) is 0 Å². The third-order valence-corrected chi connectivity index (χ3v) is 13.6. The first-order valence-corrected chi connectivity index (χ1v) is 30.3. The van der Waals surface area contributed by atoms with Gasteiger partial charge in [-0.05, 0) is 96.3 Å². The van der Waals surface area contributed by atoms with Gasteiger partial charge < -0.3 is 30.4 Å². The first-order valence-electron chi connectivity index (χ1n) is 30.3. The van der Waals surface area contributed by atoms with Crippen molar-refractivity contribution in [2.24, 2.45) is 5.73 Å². The van der Waals surface area contributed by atoms with Gasteiger partial charge >= 0.3 is 23.9 Å². The fourth-order valence-corrected chi connectivity index (χ4v) is 8.76. The van der Waals surface area contributed by atoms with E-state index in [4.69, 9.17) is 19.9 Å². The molecule has 11 heteroatoms. The van der Waals surface area contributed by atoms with Crippen LogP contribution in [0.5, 0.6) is 0 Å². The average Bonchev–Trinajstić information content (AvgIpc) is 3.37. The summed E-state index contributed by atoms with van der Waals surface area (Å²) in [6.07, 6.45) is 57.9. The Morgan fingerprint density at radius 2 is 0.630 bits per heavy atom. The molecule has 0 aromatic heterocycles. The number of esters is 3. The van der Waals surface area contributed by atoms with Crippen LogP contribution in [0.4, 0.5) is 0 Å². The van der Waals surface area contributed by atoms with E-state index in [2.05, 4.69) is 62.5 Å². The number of carboxylic acids is 1. The number of aliphatic carboxylic acids is 1. The van der Waals surface area contributed by atoms with Crippen LogP contribution in [0.25, 0.3) is 0 Å². The van der Waals surface area contributed by atoms with E-state index < -0.39 is 67.6 Å². The van der Waals surface area contributed by atoms with Crippen molar-refractivity contribution < 1.29 is 43.3 Å². The van der Waals surface area contributed by atoms with Crippen LogP contribution >= 0.6 is 0 Å². The molecule has 0 heterocycles. The third-order valence-electron chi connectivity index (χ3n) is 13.6. The van der Waals surface area contributed by atoms with E-state index in [9.17, 15) is 29.1 Å². The summed E-state index contributed by atoms with van der Waals surface area (Å²) in [5.74, 6) is -3.58. The Kier molecular flexibility index (Phi) is 50.8. The van der Waals surface area contributed by atoms with E-state index in [1.807, 2.05) is 0 Å². The number of amides is 1. The van der Waals surface area contributed by atoms with Crippen molar-refractivity contribution in [2.45, 2.75) is 308 Å². The lowest BCUT2D eigenvalue weighted by Crippen LogP contribution is -2.60. The molecular weight excluding hydrogens is 917 g/mol. The molecular formula is C62H112N2O9. The molecule has 0 saturated carbocycles. The van der Waals surface area contributed by atoms with Crippen molar-refractivity contribution in [1.29, 1.82) is 0 Å². The van der Waals surface area contributed by atoms with E-state index in [-0.39, 0.29) is 19.3 Å². The number of unbranched alkanes of at least 4 members (excludes halogenated alkanes) is 33. The minimum Gasteiger partial charge on any atom is -0.480 e. The number of nitrogens with one attached hydrogen (secondary N) is 1. The number of hydrogen-bond donors (Lipinski definition) is 3. The van der Waals surface area contributed by atoms with Crippen LogP contribution in [0.1, 0.15) is 297 Å². The normalized spacial score (nSPS) is 12.3. The average molecular weight is 1030 g/mol. The minimum atomic E-state index is -1.65. The predicted octanol–water partition coefficient (Wildman–Crippen LogP) is 16.4. The van der Waals surface area contributed by atoms with Gasteiger partial charge in [-0.2, -0.15) is 0 Å². The van der Waals surface area contributed by atoms with Crippen molar-refractivity contribution in [3.63, 3.8) is 0 Å². The van der Waals surface area contributed by atoms with E-state index >= 15 is 0 Å². The molecule has 1 amide bonds. The Hall–Kier alpha value is -3.47. The maximum Gasteiger partial charge on any atom is 0.321 e. The van der Waals surface area contributed by atoms with Gasteiger partial charge in [-0.1, -0.05) is 211 Å². The summed E-state index contributed by atoms with van der Waals surface area (Å²) in [6.45, 7) is 5.41. The molecule has 0 saturated heterocycles. The Morgan fingerprint density at radius 1 is 0.397 bits per heavy atom. The summed E-state index contributed by atoms with van der Waals surface area (Å²) in [5, 5.41) is 12.1. The molecule has 424 valence electrons. The van der Waals surface area contributed by atoms with Crippen molar-refractivity contribution in [1.82, 2.24) is 5.32 Å². The second-order valence-electron chi connectivity index (χ2n) is 21.0. The fraction of sp³-hybridized carbons (Fsp3) is 0.823. The molecule has 0 aliphatic carbocycles. The van der Waals surface area contributed by atoms with Gasteiger partial charge in [0, 0.05) is 19.3 Å². The number of nitrogens with two attached hydrogens (primary N) is 1. The van der Waals surface area contributed by atoms with Gasteiger partial charge in [0.2, 0.25) is 5.91 Å². The Balaban J connectivity index is 5.27. The maximum absolute atomic E-state index is 13.3. The second kappa shape index (κ2) is 53.4. The number of ether oxygens (including phenoxy) is 3. The quantitative estimate of drug-likeness (QED) is 0.0230. The maximum atomic E-state index is 13.3. The number of carbonyl (C=O) groups excluding carboxylic acids is 4. The van der Waals surface area contributed by atoms with Crippen LogP contribution in [0.15, 0.2) is 36.5 Å². The zero-order valence-corrected chi connectivity index (χ0v) is 47.4. The summed E-state index contributed by atoms with van der Waals surface area (Å²) in [7, 11) is 0. The molecule has 0 rings (SSSR count). The highest BCUT2D eigenvalue weighted by Crippen LogP contribution is 2.17. The predicted molar refractivity (Wildman–Crippen MR) is 302 cm³/mol. The summed E-state index contributed by atoms with van der Waals surface area (Å²) in [4.78, 5) is 64.2. The second-order valence-corrected chi connectivity index (χ2v) is 21.0. The van der Waals surface area contributed by atoms with Crippen LogP contribution in [0, 0.1) is 0 Å². The van der Waals surface area contributed by atoms with Crippen LogP contribution < -0.4 is 11.1 Å². The largest absolute Gasteiger partial charge is 0.480 e. The third kappa shape index (κ3) is 49.2. The number of carboxylic acid groups (broad SMARTS) is 1. The zero-order chi connectivity index (χ0) is 53.6. The smallest absolute Gasteiger partial charge is 0.321 e. The summed E-state index contributed by atoms with van der Waals surface area (Å²) >= 11 is 0. The number of hydrogen-bond acceptors (Lipinski definition) is 9. The Labute approximate surface area is 447 Å². The fourth-order valence-electron chi connectivity index (χ4n) is 8.76. The Morgan fingerprint density at radius 3 is 0.877 bits per heavy atom. The molecule has 0 aromatic rings. The van der Waals surface area contributed by atoms with Crippen molar-refractivity contribution in [2.75, 3.05) is 19.8 Å². The van der Waals surface area contributed by atoms with E-state index in [0.717, 1.165) is 116 Å². The highest BCUT2D eigenvalue weighted by atomic mass is 16.6. The van der Waals surface area contributed by atoms with Gasteiger partial charge in [0.1, 0.15) is 31.4 Å². The molecule has 0 bridgehead atoms. The van der Waals surface area contributed by atoms with Crippen LogP contribution in [-0.4, -0.2) is 66.3 Å². The van der Waals surface area contributed by atoms with E-state index in [1.54, 1.807) is 0 Å². The molecule has 0 aliphatic rings. The molecule has 0 aromatic carbocycles. The molecule has 0 radical (unpaired) electrons. The lowest BCUT2D eigenvalue weighted by molar-refractivity contribution is -0.159. The number of rotatable bonds is 55. The molecule has 0 aliphatic heterocycles. The van der Waals surface area contributed by atoms with Crippen LogP contribution in [-0.2, 0) is 38.2 Å². The van der Waals surface area contributed by atoms with E-state index in [0.29, 0.717) is 19.3 Å². The zero-order valence-electron chi connectivity index (χ0n) is 47.4. The van der Waals surface area contributed by atoms with Gasteiger partial charge in [0.15, 0.2) is 0 Å². The molecule has 4 N–H and O–H groups in total. The highest BCUT2D eigenvalue weighted by molar-refractivity contribution is 5.84. The first kappa shape index (κ1) is 69.5. The molecule has 0 spiro atoms. The van der Waals surface area contributed by atoms with Gasteiger partial charge in [-0.25, -0.2) is 0 Å². The lowest BCUT2D eigenvalue weighted by Gasteiger charge is -2.33. The summed E-state index contributed by atoms with van der Waals surface area (Å²) < 4.78 is 17.2. The molecule has 11 nitrogen and oxygen atoms in total. The summed E-state index contributed by atoms with van der Waals surface area (Å²) in [5.41, 5.74) is 4.07.